The Morgan fingerprint density at radius 2 is 2.05 bits per heavy atom. The summed E-state index contributed by atoms with van der Waals surface area (Å²) in [4.78, 5) is 27.3. The lowest BCUT2D eigenvalue weighted by molar-refractivity contribution is -0.126. The van der Waals surface area contributed by atoms with Crippen molar-refractivity contribution in [2.24, 2.45) is 5.92 Å². The summed E-state index contributed by atoms with van der Waals surface area (Å²) in [7, 11) is 0. The van der Waals surface area contributed by atoms with Crippen molar-refractivity contribution in [1.29, 1.82) is 0 Å². The molecule has 0 bridgehead atoms. The predicted octanol–water partition coefficient (Wildman–Crippen LogP) is 2.54. The van der Waals surface area contributed by atoms with Crippen LogP contribution in [0.25, 0.3) is 10.8 Å². The molecule has 1 N–H and O–H groups in total. The van der Waals surface area contributed by atoms with Crippen LogP contribution in [0.15, 0.2) is 36.7 Å². The molecule has 1 aromatic heterocycles. The average molecular weight is 254 g/mol. The molecule has 0 unspecified atom stereocenters. The highest BCUT2D eigenvalue weighted by molar-refractivity contribution is 6.06. The number of carbonyl (C=O) groups excluding carboxylic acids is 2. The Hall–Kier alpha value is -2.23. The highest BCUT2D eigenvalue weighted by atomic mass is 16.2. The molecular formula is C15H14N2O2. The molecule has 1 saturated carbocycles. The summed E-state index contributed by atoms with van der Waals surface area (Å²) in [5, 5.41) is 4.81. The van der Waals surface area contributed by atoms with Gasteiger partial charge in [-0.3, -0.25) is 14.6 Å². The molecule has 96 valence electrons. The third kappa shape index (κ3) is 2.78. The predicted molar refractivity (Wildman–Crippen MR) is 72.7 cm³/mol. The van der Waals surface area contributed by atoms with E-state index in [-0.39, 0.29) is 24.0 Å². The summed E-state index contributed by atoms with van der Waals surface area (Å²) in [6.45, 7) is 0. The van der Waals surface area contributed by atoms with Crippen LogP contribution >= 0.6 is 0 Å². The second-order valence-corrected chi connectivity index (χ2v) is 4.90. The molecule has 1 aliphatic rings. The minimum Gasteiger partial charge on any atom is -0.326 e. The van der Waals surface area contributed by atoms with Gasteiger partial charge < -0.3 is 5.32 Å². The molecule has 0 atom stereocenters. The van der Waals surface area contributed by atoms with Crippen LogP contribution in [0.2, 0.25) is 0 Å². The number of fused-ring (bicyclic) bond motifs is 1. The van der Waals surface area contributed by atoms with Crippen molar-refractivity contribution in [3.05, 3.63) is 36.7 Å². The van der Waals surface area contributed by atoms with Crippen LogP contribution in [0, 0.1) is 5.92 Å². The fraction of sp³-hybridized carbons (Fsp3) is 0.267. The van der Waals surface area contributed by atoms with Gasteiger partial charge in [-0.25, -0.2) is 0 Å². The average Bonchev–Trinajstić information content (AvgIpc) is 3.22. The molecule has 0 saturated heterocycles. The number of aromatic nitrogens is 1. The molecule has 19 heavy (non-hydrogen) atoms. The first-order valence-electron chi connectivity index (χ1n) is 6.39. The minimum absolute atomic E-state index is 0.0148. The third-order valence-corrected chi connectivity index (χ3v) is 3.29. The van der Waals surface area contributed by atoms with Crippen LogP contribution in [-0.2, 0) is 9.59 Å². The summed E-state index contributed by atoms with van der Waals surface area (Å²) in [5.74, 6) is -0.0405. The van der Waals surface area contributed by atoms with Gasteiger partial charge in [0.05, 0.1) is 6.42 Å². The lowest BCUT2D eigenvalue weighted by Crippen LogP contribution is -2.17. The Morgan fingerprint density at radius 3 is 2.84 bits per heavy atom. The maximum atomic E-state index is 11.7. The fourth-order valence-corrected chi connectivity index (χ4v) is 2.07. The van der Waals surface area contributed by atoms with E-state index in [0.29, 0.717) is 5.69 Å². The Morgan fingerprint density at radius 1 is 1.21 bits per heavy atom. The Balaban J connectivity index is 1.70. The maximum absolute atomic E-state index is 11.7. The summed E-state index contributed by atoms with van der Waals surface area (Å²) in [6, 6.07) is 7.50. The lowest BCUT2D eigenvalue weighted by Gasteiger charge is -2.05. The van der Waals surface area contributed by atoms with Crippen LogP contribution in [-0.4, -0.2) is 16.7 Å². The number of anilines is 1. The number of Topliss-reactive ketones (excluding diaryl/α,β-unsaturated/α-hetero) is 1. The van der Waals surface area contributed by atoms with E-state index >= 15 is 0 Å². The monoisotopic (exact) mass is 254 g/mol. The lowest BCUT2D eigenvalue weighted by atomic mass is 10.1. The smallest absolute Gasteiger partial charge is 0.231 e. The van der Waals surface area contributed by atoms with E-state index in [2.05, 4.69) is 10.3 Å². The van der Waals surface area contributed by atoms with Crippen LogP contribution in [0.1, 0.15) is 19.3 Å². The first-order chi connectivity index (χ1) is 9.22. The molecule has 4 nitrogen and oxygen atoms in total. The van der Waals surface area contributed by atoms with E-state index in [4.69, 9.17) is 0 Å². The minimum atomic E-state index is -0.231. The second kappa shape index (κ2) is 4.80. The summed E-state index contributed by atoms with van der Waals surface area (Å²) >= 11 is 0. The highest BCUT2D eigenvalue weighted by Crippen LogP contribution is 2.30. The maximum Gasteiger partial charge on any atom is 0.231 e. The van der Waals surface area contributed by atoms with Gasteiger partial charge in [-0.2, -0.15) is 0 Å². The molecule has 0 radical (unpaired) electrons. The zero-order chi connectivity index (χ0) is 13.2. The molecule has 1 fully saturated rings. The first kappa shape index (κ1) is 11.8. The van der Waals surface area contributed by atoms with E-state index in [9.17, 15) is 9.59 Å². The Labute approximate surface area is 110 Å². The molecule has 4 heteroatoms. The molecule has 0 aliphatic heterocycles. The van der Waals surface area contributed by atoms with E-state index in [1.165, 1.54) is 0 Å². The molecule has 3 rings (SSSR count). The van der Waals surface area contributed by atoms with Gasteiger partial charge in [0.2, 0.25) is 5.91 Å². The molecule has 1 aromatic carbocycles. The normalized spacial score (nSPS) is 14.3. The van der Waals surface area contributed by atoms with Crippen LogP contribution < -0.4 is 5.32 Å². The zero-order valence-electron chi connectivity index (χ0n) is 10.4. The molecule has 2 aromatic rings. The van der Waals surface area contributed by atoms with Crippen molar-refractivity contribution in [2.75, 3.05) is 5.32 Å². The van der Waals surface area contributed by atoms with Gasteiger partial charge in [-0.15, -0.1) is 0 Å². The fourth-order valence-electron chi connectivity index (χ4n) is 2.07. The standard InChI is InChI=1S/C15H14N2O2/c18-14(10-1-2-10)8-15(19)17-13-4-3-12-9-16-6-5-11(12)7-13/h3-7,9-10H,1-2,8H2,(H,17,19). The Bertz CT molecular complexity index is 647. The van der Waals surface area contributed by atoms with Gasteiger partial charge in [0.15, 0.2) is 0 Å². The number of ketones is 1. The van der Waals surface area contributed by atoms with Gasteiger partial charge in [0.1, 0.15) is 5.78 Å². The molecule has 1 amide bonds. The van der Waals surface area contributed by atoms with Crippen LogP contribution in [0.5, 0.6) is 0 Å². The van der Waals surface area contributed by atoms with Gasteiger partial charge in [-0.1, -0.05) is 6.07 Å². The summed E-state index contributed by atoms with van der Waals surface area (Å²) < 4.78 is 0. The molecule has 1 aliphatic carbocycles. The number of nitrogens with zero attached hydrogens (tertiary/aromatic N) is 1. The van der Waals surface area contributed by atoms with E-state index in [1.807, 2.05) is 24.3 Å². The summed E-state index contributed by atoms with van der Waals surface area (Å²) in [5.41, 5.74) is 0.715. The zero-order valence-corrected chi connectivity index (χ0v) is 10.4. The molecule has 1 heterocycles. The number of pyridine rings is 1. The number of nitrogens with one attached hydrogen (secondary N) is 1. The first-order valence-corrected chi connectivity index (χ1v) is 6.39. The van der Waals surface area contributed by atoms with E-state index in [1.54, 1.807) is 12.4 Å². The SMILES string of the molecule is O=C(CC(=O)C1CC1)Nc1ccc2cnccc2c1. The number of hydrogen-bond acceptors (Lipinski definition) is 3. The number of hydrogen-bond donors (Lipinski definition) is 1. The highest BCUT2D eigenvalue weighted by Gasteiger charge is 2.30. The summed E-state index contributed by atoms with van der Waals surface area (Å²) in [6.07, 6.45) is 5.35. The number of carbonyl (C=O) groups is 2. The number of amides is 1. The van der Waals surface area contributed by atoms with Gasteiger partial charge >= 0.3 is 0 Å². The van der Waals surface area contributed by atoms with E-state index in [0.717, 1.165) is 23.6 Å². The van der Waals surface area contributed by atoms with Crippen LogP contribution in [0.4, 0.5) is 5.69 Å². The van der Waals surface area contributed by atoms with Crippen molar-refractivity contribution in [3.8, 4) is 0 Å². The van der Waals surface area contributed by atoms with Crippen molar-refractivity contribution in [2.45, 2.75) is 19.3 Å². The third-order valence-electron chi connectivity index (χ3n) is 3.29. The van der Waals surface area contributed by atoms with Gasteiger partial charge in [0, 0.05) is 29.4 Å². The second-order valence-electron chi connectivity index (χ2n) is 4.90. The van der Waals surface area contributed by atoms with Gasteiger partial charge in [0.25, 0.3) is 0 Å². The molecular weight excluding hydrogens is 240 g/mol. The van der Waals surface area contributed by atoms with E-state index < -0.39 is 0 Å². The topological polar surface area (TPSA) is 59.1 Å². The Kier molecular flexibility index (Phi) is 2.99. The van der Waals surface area contributed by atoms with Crippen molar-refractivity contribution >= 4 is 28.2 Å². The van der Waals surface area contributed by atoms with Crippen LogP contribution in [0.3, 0.4) is 0 Å². The largest absolute Gasteiger partial charge is 0.326 e. The van der Waals surface area contributed by atoms with Crippen molar-refractivity contribution < 1.29 is 9.59 Å². The van der Waals surface area contributed by atoms with Crippen molar-refractivity contribution in [3.63, 3.8) is 0 Å². The number of rotatable bonds is 4. The number of benzene rings is 1. The van der Waals surface area contributed by atoms with Gasteiger partial charge in [-0.05, 0) is 36.4 Å². The van der Waals surface area contributed by atoms with Crippen molar-refractivity contribution in [1.82, 2.24) is 4.98 Å². The molecule has 0 spiro atoms. The quantitative estimate of drug-likeness (QED) is 0.853.